The van der Waals surface area contributed by atoms with Crippen LogP contribution < -0.4 is 0 Å². The third-order valence-corrected chi connectivity index (χ3v) is 22.5. The zero-order valence-corrected chi connectivity index (χ0v) is 67.5. The second-order valence-corrected chi connectivity index (χ2v) is 31.2. The van der Waals surface area contributed by atoms with Gasteiger partial charge in [-0.15, -0.1) is 0 Å². The number of aliphatic hydroxyl groups is 13. The Labute approximate surface area is 664 Å². The van der Waals surface area contributed by atoms with Crippen molar-refractivity contribution in [3.05, 3.63) is 11.6 Å². The Morgan fingerprint density at radius 2 is 1.04 bits per heavy atom. The van der Waals surface area contributed by atoms with E-state index in [1.165, 1.54) is 75.3 Å². The van der Waals surface area contributed by atoms with Gasteiger partial charge in [-0.2, -0.15) is 0 Å². The van der Waals surface area contributed by atoms with Crippen molar-refractivity contribution in [2.75, 3.05) is 26.4 Å². The van der Waals surface area contributed by atoms with Crippen LogP contribution in [-0.4, -0.2) is 331 Å². The molecule has 7 rings (SSSR count). The van der Waals surface area contributed by atoms with E-state index >= 15 is 0 Å². The average molecular weight is 1650 g/mol. The van der Waals surface area contributed by atoms with Crippen LogP contribution in [0.25, 0.3) is 0 Å². The predicted molar refractivity (Wildman–Crippen MR) is 388 cm³/mol. The molecule has 114 heavy (non-hydrogen) atoms. The number of rotatable bonds is 24. The largest absolute Gasteiger partial charge is 0.463 e. The molecule has 4 bridgehead atoms. The van der Waals surface area contributed by atoms with Gasteiger partial charge in [0.15, 0.2) is 68.3 Å². The Bertz CT molecular complexity index is 2980. The number of hydrogen-bond donors (Lipinski definition) is 13. The van der Waals surface area contributed by atoms with Crippen LogP contribution in [0.2, 0.25) is 0 Å². The van der Waals surface area contributed by atoms with Gasteiger partial charge in [-0.25, -0.2) is 4.79 Å². The van der Waals surface area contributed by atoms with Gasteiger partial charge in [-0.3, -0.25) is 24.0 Å². The summed E-state index contributed by atoms with van der Waals surface area (Å²) in [6.07, 6.45) is -53.8. The average Bonchev–Trinajstić information content (AvgIpc) is 0.756. The Morgan fingerprint density at radius 1 is 0.482 bits per heavy atom. The van der Waals surface area contributed by atoms with Gasteiger partial charge in [0.25, 0.3) is 0 Å². The van der Waals surface area contributed by atoms with Crippen molar-refractivity contribution in [3.8, 4) is 0 Å². The number of carbonyl (C=O) groups is 6. The van der Waals surface area contributed by atoms with Gasteiger partial charge in [0.1, 0.15) is 110 Å². The Balaban J connectivity index is 1.51. The van der Waals surface area contributed by atoms with Gasteiger partial charge in [0.2, 0.25) is 0 Å². The highest BCUT2D eigenvalue weighted by Gasteiger charge is 2.61. The van der Waals surface area contributed by atoms with Gasteiger partial charge in [0.05, 0.1) is 74.0 Å². The first-order valence-electron chi connectivity index (χ1n) is 40.4. The first-order valence-corrected chi connectivity index (χ1v) is 40.4. The van der Waals surface area contributed by atoms with Crippen LogP contribution in [0, 0.1) is 23.7 Å². The lowest BCUT2D eigenvalue weighted by Gasteiger charge is -2.52. The van der Waals surface area contributed by atoms with Crippen molar-refractivity contribution in [2.45, 2.75) is 389 Å². The molecule has 7 fully saturated rings. The summed E-state index contributed by atoms with van der Waals surface area (Å²) in [5.74, 6) is -10.6. The minimum atomic E-state index is -2.40. The fourth-order valence-electron chi connectivity index (χ4n) is 13.9. The molecule has 0 aromatic heterocycles. The van der Waals surface area contributed by atoms with Crippen LogP contribution in [0.3, 0.4) is 0 Å². The van der Waals surface area contributed by atoms with E-state index in [4.69, 9.17) is 85.3 Å². The van der Waals surface area contributed by atoms with Gasteiger partial charge >= 0.3 is 35.8 Å². The summed E-state index contributed by atoms with van der Waals surface area (Å²) in [7, 11) is 0. The van der Waals surface area contributed by atoms with Crippen molar-refractivity contribution in [1.82, 2.24) is 0 Å². The molecule has 7 aliphatic heterocycles. The third kappa shape index (κ3) is 25.1. The van der Waals surface area contributed by atoms with E-state index in [2.05, 4.69) is 0 Å². The molecule has 0 unspecified atom stereocenters. The SMILES string of the molecule is C/C=C(\C)C(=O)O[C@H]1[C@H](OC(=O)[C@@H](C)CC)[C@@H](O)[C@@H]2O[C@H]3[C@H](O)[C@@H](COC(=O)[C@H](C)[C@@H](C)O)O[C@@H](O[C@H]4[C@H](O[C@@H](CCCC)CCCCCCCCCCC(=O)O[C@H]5[C@H](OC[C@H]1O2)O[C@H](CO)[C@@H](O)[C@@H]5O)O[C@H](C)[C@@H](O)[C@@H]4O)[C@@H]3O[C@@H]1O[C@@H](C)[C@H](OC(=O)[C@H](C)[C@@H](C)O)[C@@H](O[C@@H]2O[C@H](CO)[C@@H](O)[C@H](O)[C@H]2O)[C@H]1OC(=O)[C@@H](C)CC. The molecule has 658 valence electrons. The summed E-state index contributed by atoms with van der Waals surface area (Å²) in [6.45, 7) is 15.3. The van der Waals surface area contributed by atoms with Crippen LogP contribution in [0.15, 0.2) is 11.6 Å². The van der Waals surface area contributed by atoms with Crippen molar-refractivity contribution in [1.29, 1.82) is 0 Å². The fraction of sp³-hybridized carbons (Fsp3) is 0.896. The van der Waals surface area contributed by atoms with Crippen molar-refractivity contribution >= 4 is 35.8 Å². The van der Waals surface area contributed by atoms with Crippen LogP contribution in [0.4, 0.5) is 0 Å². The van der Waals surface area contributed by atoms with Gasteiger partial charge < -0.3 is 152 Å². The molecule has 7 saturated heterocycles. The molecule has 37 nitrogen and oxygen atoms in total. The summed E-state index contributed by atoms with van der Waals surface area (Å²) in [4.78, 5) is 85.1. The van der Waals surface area contributed by atoms with Gasteiger partial charge in [-0.1, -0.05) is 98.5 Å². The lowest BCUT2D eigenvalue weighted by atomic mass is 9.94. The maximum absolute atomic E-state index is 14.7. The molecule has 0 aliphatic carbocycles. The normalized spacial score (nSPS) is 40.5. The van der Waals surface area contributed by atoms with E-state index in [0.717, 1.165) is 38.5 Å². The summed E-state index contributed by atoms with van der Waals surface area (Å²) < 4.78 is 115. The smallest absolute Gasteiger partial charge is 0.333 e. The Hall–Kier alpha value is -4.44. The molecule has 0 aromatic rings. The molecule has 7 heterocycles. The number of allylic oxidation sites excluding steroid dienone is 1. The van der Waals surface area contributed by atoms with Gasteiger partial charge in [0, 0.05) is 12.0 Å². The number of carbonyl (C=O) groups excluding carboxylic acids is 6. The van der Waals surface area contributed by atoms with E-state index in [1.807, 2.05) is 6.92 Å². The van der Waals surface area contributed by atoms with E-state index in [9.17, 15) is 95.2 Å². The molecule has 37 atom stereocenters. The summed E-state index contributed by atoms with van der Waals surface area (Å²) in [6, 6.07) is 0. The van der Waals surface area contributed by atoms with Crippen molar-refractivity contribution < 1.29 is 180 Å². The van der Waals surface area contributed by atoms with Crippen molar-refractivity contribution in [3.63, 3.8) is 0 Å². The Morgan fingerprint density at radius 3 is 1.64 bits per heavy atom. The number of unbranched alkanes of at least 4 members (excludes halogenated alkanes) is 1. The van der Waals surface area contributed by atoms with Gasteiger partial charge in [-0.05, 0) is 87.5 Å². The van der Waals surface area contributed by atoms with E-state index < -0.39 is 288 Å². The number of hydrogen-bond acceptors (Lipinski definition) is 37. The molecular formula is C77H128O37. The number of aliphatic hydroxyl groups excluding tert-OH is 13. The highest BCUT2D eigenvalue weighted by atomic mass is 16.8. The zero-order chi connectivity index (χ0) is 84.3. The predicted octanol–water partition coefficient (Wildman–Crippen LogP) is -0.150. The molecule has 0 radical (unpaired) electrons. The molecule has 7 aliphatic rings. The number of fused-ring (bicyclic) bond motifs is 6. The van der Waals surface area contributed by atoms with Crippen LogP contribution in [0.1, 0.15) is 186 Å². The van der Waals surface area contributed by atoms with Crippen LogP contribution in [0.5, 0.6) is 0 Å². The summed E-state index contributed by atoms with van der Waals surface area (Å²) in [5.41, 5.74) is -0.0271. The molecular weight excluding hydrogens is 1520 g/mol. The number of ether oxygens (including phenoxy) is 18. The van der Waals surface area contributed by atoms with Crippen LogP contribution >= 0.6 is 0 Å². The topological polar surface area (TPSA) is 532 Å². The lowest BCUT2D eigenvalue weighted by molar-refractivity contribution is -0.414. The second-order valence-electron chi connectivity index (χ2n) is 31.2. The molecule has 0 saturated carbocycles. The minimum Gasteiger partial charge on any atom is -0.463 e. The fourth-order valence-corrected chi connectivity index (χ4v) is 13.9. The van der Waals surface area contributed by atoms with E-state index in [1.54, 1.807) is 13.8 Å². The molecule has 0 spiro atoms. The zero-order valence-electron chi connectivity index (χ0n) is 67.5. The monoisotopic (exact) mass is 1640 g/mol. The lowest BCUT2D eigenvalue weighted by Crippen LogP contribution is -2.70. The summed E-state index contributed by atoms with van der Waals surface area (Å²) in [5, 5.41) is 150. The minimum absolute atomic E-state index is 0.0271. The maximum atomic E-state index is 14.7. The van der Waals surface area contributed by atoms with E-state index in [0.29, 0.717) is 38.5 Å². The van der Waals surface area contributed by atoms with Crippen molar-refractivity contribution in [2.24, 2.45) is 23.7 Å². The quantitative estimate of drug-likeness (QED) is 0.0339. The molecule has 0 amide bonds. The first kappa shape index (κ1) is 96.7. The molecule has 37 heteroatoms. The first-order chi connectivity index (χ1) is 54.1. The second kappa shape index (κ2) is 45.8. The van der Waals surface area contributed by atoms with E-state index in [-0.39, 0.29) is 24.8 Å². The molecule has 0 aromatic carbocycles. The maximum Gasteiger partial charge on any atom is 0.333 e. The highest BCUT2D eigenvalue weighted by molar-refractivity contribution is 5.87. The molecule has 13 N–H and O–H groups in total. The summed E-state index contributed by atoms with van der Waals surface area (Å²) >= 11 is 0. The third-order valence-electron chi connectivity index (χ3n) is 22.5. The Kier molecular flexibility index (Phi) is 38.9. The standard InChI is InChI=1S/C77H128O37/c1-14-18-27-43-28-25-23-21-19-20-22-24-26-29-48(82)106-62-55(89)51(85)45(31-79)103-74(62)98-33-47-59(108-67(92)34(5)15-2)61(109-68(93)35(6)16-3)57(91)73(105-47)111-60-52(86)46(32-97-70(95)37(8)39(10)80)104-77(112-63-54(88)49(83)41(12)99-75(63)101-43)65(60)114-76-66(110-69(94)36(7)17-4)64(58(42(13)100-76)107-71(96)38(9)40(11)81)113-72-56(90)53(87)50(84)44(30-78)102-72/h15,35-47,49-66,72-81,83-91H,14,16-33H2,1-13H3/b34-15+/t35-,36-,37+,38+,39+,40+,41+,42-,43-,44+,45+,46+,47+,49+,50+,51+,52+,53-,54-,55-,56+,57+,58-,59+,60-,61+,62+,63+,64+,65+,66+,72-,73-,74+,75-,76-,77-/m0/s1. The number of esters is 6. The van der Waals surface area contributed by atoms with Crippen LogP contribution in [-0.2, 0) is 114 Å². The highest BCUT2D eigenvalue weighted by Crippen LogP contribution is 2.42.